The van der Waals surface area contributed by atoms with Crippen molar-refractivity contribution < 1.29 is 19.1 Å². The molecule has 7 heteroatoms. The molecule has 1 amide bonds. The summed E-state index contributed by atoms with van der Waals surface area (Å²) in [5, 5.41) is 1.94. The van der Waals surface area contributed by atoms with Gasteiger partial charge in [0.15, 0.2) is 0 Å². The maximum atomic E-state index is 13.2. The number of anilines is 1. The SMILES string of the molecule is COC(=O)c1cc(Br)ccc1N(Cc1ccc(OC)cc1)C(=O)Cc1cccs1. The number of halogens is 1. The van der Waals surface area contributed by atoms with Crippen molar-refractivity contribution in [2.24, 2.45) is 0 Å². The van der Waals surface area contributed by atoms with Crippen molar-refractivity contribution in [2.75, 3.05) is 19.1 Å². The number of carbonyl (C=O) groups is 2. The number of methoxy groups -OCH3 is 2. The molecular weight excluding hydrogens is 454 g/mol. The highest BCUT2D eigenvalue weighted by Gasteiger charge is 2.23. The van der Waals surface area contributed by atoms with Gasteiger partial charge in [-0.05, 0) is 47.3 Å². The minimum Gasteiger partial charge on any atom is -0.497 e. The molecule has 0 saturated carbocycles. The van der Waals surface area contributed by atoms with Crippen LogP contribution in [0.3, 0.4) is 0 Å². The van der Waals surface area contributed by atoms with E-state index in [1.165, 1.54) is 18.4 Å². The van der Waals surface area contributed by atoms with Crippen molar-refractivity contribution in [1.82, 2.24) is 0 Å². The van der Waals surface area contributed by atoms with Crippen LogP contribution in [-0.4, -0.2) is 26.1 Å². The molecule has 0 aliphatic heterocycles. The van der Waals surface area contributed by atoms with Gasteiger partial charge in [-0.25, -0.2) is 4.79 Å². The minimum absolute atomic E-state index is 0.101. The fourth-order valence-electron chi connectivity index (χ4n) is 2.90. The van der Waals surface area contributed by atoms with Gasteiger partial charge in [-0.15, -0.1) is 11.3 Å². The first kappa shape index (κ1) is 21.1. The monoisotopic (exact) mass is 473 g/mol. The van der Waals surface area contributed by atoms with Crippen LogP contribution >= 0.6 is 27.3 Å². The van der Waals surface area contributed by atoms with Crippen molar-refractivity contribution in [2.45, 2.75) is 13.0 Å². The highest BCUT2D eigenvalue weighted by molar-refractivity contribution is 9.10. The number of ether oxygens (including phenoxy) is 2. The van der Waals surface area contributed by atoms with E-state index in [2.05, 4.69) is 15.9 Å². The first-order valence-corrected chi connectivity index (χ1v) is 10.5. The van der Waals surface area contributed by atoms with Crippen LogP contribution in [0.25, 0.3) is 0 Å². The zero-order valence-corrected chi connectivity index (χ0v) is 18.5. The summed E-state index contributed by atoms with van der Waals surface area (Å²) in [4.78, 5) is 28.2. The summed E-state index contributed by atoms with van der Waals surface area (Å²) in [5.74, 6) is 0.143. The molecule has 0 N–H and O–H groups in total. The summed E-state index contributed by atoms with van der Waals surface area (Å²) in [6, 6.07) is 16.6. The summed E-state index contributed by atoms with van der Waals surface area (Å²) in [6.45, 7) is 0.319. The summed E-state index contributed by atoms with van der Waals surface area (Å²) in [5.41, 5.74) is 1.76. The Hall–Kier alpha value is -2.64. The zero-order valence-electron chi connectivity index (χ0n) is 16.1. The number of carbonyl (C=O) groups excluding carboxylic acids is 2. The number of hydrogen-bond acceptors (Lipinski definition) is 5. The van der Waals surface area contributed by atoms with Crippen LogP contribution < -0.4 is 9.64 Å². The van der Waals surface area contributed by atoms with Crippen LogP contribution in [-0.2, 0) is 22.5 Å². The Kier molecular flexibility index (Phi) is 7.06. The van der Waals surface area contributed by atoms with Crippen LogP contribution in [0.15, 0.2) is 64.5 Å². The average Bonchev–Trinajstić information content (AvgIpc) is 3.25. The van der Waals surface area contributed by atoms with Crippen molar-refractivity contribution in [3.05, 3.63) is 80.5 Å². The van der Waals surface area contributed by atoms with E-state index in [-0.39, 0.29) is 12.3 Å². The summed E-state index contributed by atoms with van der Waals surface area (Å²) in [6.07, 6.45) is 0.254. The lowest BCUT2D eigenvalue weighted by molar-refractivity contribution is -0.118. The predicted octanol–water partition coefficient (Wildman–Crippen LogP) is 5.08. The molecule has 0 aliphatic carbocycles. The van der Waals surface area contributed by atoms with E-state index in [9.17, 15) is 9.59 Å². The van der Waals surface area contributed by atoms with Gasteiger partial charge < -0.3 is 14.4 Å². The normalized spacial score (nSPS) is 10.4. The van der Waals surface area contributed by atoms with E-state index < -0.39 is 5.97 Å². The maximum Gasteiger partial charge on any atom is 0.340 e. The van der Waals surface area contributed by atoms with E-state index in [1.54, 1.807) is 30.2 Å². The van der Waals surface area contributed by atoms with Gasteiger partial charge >= 0.3 is 5.97 Å². The van der Waals surface area contributed by atoms with E-state index in [4.69, 9.17) is 9.47 Å². The number of nitrogens with zero attached hydrogens (tertiary/aromatic N) is 1. The first-order chi connectivity index (χ1) is 14.0. The van der Waals surface area contributed by atoms with Crippen molar-refractivity contribution in [3.63, 3.8) is 0 Å². The maximum absolute atomic E-state index is 13.2. The lowest BCUT2D eigenvalue weighted by atomic mass is 10.1. The van der Waals surface area contributed by atoms with Crippen LogP contribution in [0.4, 0.5) is 5.69 Å². The van der Waals surface area contributed by atoms with E-state index >= 15 is 0 Å². The van der Waals surface area contributed by atoms with Gasteiger partial charge in [0.1, 0.15) is 5.75 Å². The Morgan fingerprint density at radius 1 is 1.07 bits per heavy atom. The summed E-state index contributed by atoms with van der Waals surface area (Å²) < 4.78 is 10.9. The van der Waals surface area contributed by atoms with E-state index in [1.807, 2.05) is 41.8 Å². The van der Waals surface area contributed by atoms with E-state index in [0.29, 0.717) is 17.8 Å². The molecule has 0 bridgehead atoms. The molecule has 0 fully saturated rings. The molecule has 0 spiro atoms. The molecule has 5 nitrogen and oxygen atoms in total. The highest BCUT2D eigenvalue weighted by Crippen LogP contribution is 2.28. The second-order valence-corrected chi connectivity index (χ2v) is 8.19. The number of thiophene rings is 1. The molecule has 3 aromatic rings. The van der Waals surface area contributed by atoms with Crippen LogP contribution in [0.1, 0.15) is 20.8 Å². The third kappa shape index (κ3) is 5.25. The number of hydrogen-bond donors (Lipinski definition) is 0. The van der Waals surface area contributed by atoms with Crippen molar-refractivity contribution >= 4 is 44.8 Å². The van der Waals surface area contributed by atoms with Crippen LogP contribution in [0.5, 0.6) is 5.75 Å². The lowest BCUT2D eigenvalue weighted by Gasteiger charge is -2.25. The Balaban J connectivity index is 2.00. The third-order valence-electron chi connectivity index (χ3n) is 4.36. The molecule has 2 aromatic carbocycles. The average molecular weight is 474 g/mol. The number of esters is 1. The Labute approximate surface area is 182 Å². The topological polar surface area (TPSA) is 55.8 Å². The highest BCUT2D eigenvalue weighted by atomic mass is 79.9. The Bertz CT molecular complexity index is 987. The molecule has 1 heterocycles. The van der Waals surface area contributed by atoms with Gasteiger partial charge in [0.25, 0.3) is 0 Å². The van der Waals surface area contributed by atoms with Gasteiger partial charge in [-0.1, -0.05) is 34.1 Å². The second-order valence-electron chi connectivity index (χ2n) is 6.24. The second kappa shape index (κ2) is 9.71. The Morgan fingerprint density at radius 2 is 1.83 bits per heavy atom. The standard InChI is InChI=1S/C22H20BrNO4S/c1-27-17-8-5-15(6-9-17)14-24(21(25)13-18-4-3-11-29-18)20-10-7-16(23)12-19(20)22(26)28-2/h3-12H,13-14H2,1-2H3. The van der Waals surface area contributed by atoms with Crippen LogP contribution in [0.2, 0.25) is 0 Å². The zero-order chi connectivity index (χ0) is 20.8. The van der Waals surface area contributed by atoms with Crippen molar-refractivity contribution in [1.29, 1.82) is 0 Å². The molecule has 0 aliphatic rings. The fraction of sp³-hybridized carbons (Fsp3) is 0.182. The van der Waals surface area contributed by atoms with Crippen LogP contribution in [0, 0.1) is 0 Å². The van der Waals surface area contributed by atoms with Gasteiger partial charge in [0, 0.05) is 9.35 Å². The van der Waals surface area contributed by atoms with Gasteiger partial charge in [0.05, 0.1) is 38.4 Å². The molecule has 1 aromatic heterocycles. The lowest BCUT2D eigenvalue weighted by Crippen LogP contribution is -2.33. The Morgan fingerprint density at radius 3 is 2.45 bits per heavy atom. The molecule has 29 heavy (non-hydrogen) atoms. The number of rotatable bonds is 7. The van der Waals surface area contributed by atoms with Crippen molar-refractivity contribution in [3.8, 4) is 5.75 Å². The molecule has 150 valence electrons. The molecule has 0 unspecified atom stereocenters. The fourth-order valence-corrected chi connectivity index (χ4v) is 3.95. The summed E-state index contributed by atoms with van der Waals surface area (Å²) >= 11 is 4.92. The van der Waals surface area contributed by atoms with Gasteiger partial charge in [-0.2, -0.15) is 0 Å². The molecule has 0 radical (unpaired) electrons. The minimum atomic E-state index is -0.495. The predicted molar refractivity (Wildman–Crippen MR) is 118 cm³/mol. The third-order valence-corrected chi connectivity index (χ3v) is 5.73. The molecule has 3 rings (SSSR count). The number of benzene rings is 2. The molecular formula is C22H20BrNO4S. The number of amides is 1. The summed E-state index contributed by atoms with van der Waals surface area (Å²) in [7, 11) is 2.94. The largest absolute Gasteiger partial charge is 0.497 e. The smallest absolute Gasteiger partial charge is 0.340 e. The quantitative estimate of drug-likeness (QED) is 0.448. The van der Waals surface area contributed by atoms with E-state index in [0.717, 1.165) is 20.7 Å². The molecule has 0 atom stereocenters. The van der Waals surface area contributed by atoms with Gasteiger partial charge in [0.2, 0.25) is 5.91 Å². The van der Waals surface area contributed by atoms with Gasteiger partial charge in [-0.3, -0.25) is 4.79 Å². The first-order valence-electron chi connectivity index (χ1n) is 8.85. The molecule has 0 saturated heterocycles.